The summed E-state index contributed by atoms with van der Waals surface area (Å²) in [6.07, 6.45) is 3.28. The summed E-state index contributed by atoms with van der Waals surface area (Å²) in [6.45, 7) is 4.28. The van der Waals surface area contributed by atoms with Gasteiger partial charge in [0, 0.05) is 4.88 Å². The van der Waals surface area contributed by atoms with Gasteiger partial charge in [-0.1, -0.05) is 6.92 Å². The van der Waals surface area contributed by atoms with Crippen LogP contribution in [-0.2, 0) is 12.8 Å². The quantitative estimate of drug-likeness (QED) is 0.886. The van der Waals surface area contributed by atoms with E-state index in [-0.39, 0.29) is 11.6 Å². The van der Waals surface area contributed by atoms with Crippen molar-refractivity contribution in [3.63, 3.8) is 0 Å². The van der Waals surface area contributed by atoms with Gasteiger partial charge in [0.15, 0.2) is 0 Å². The molecule has 0 radical (unpaired) electrons. The average Bonchev–Trinajstić information content (AvgIpc) is 2.75. The highest BCUT2D eigenvalue weighted by Crippen LogP contribution is 2.35. The summed E-state index contributed by atoms with van der Waals surface area (Å²) in [7, 11) is 1.87. The van der Waals surface area contributed by atoms with Gasteiger partial charge in [-0.15, -0.1) is 11.3 Å². The highest BCUT2D eigenvalue weighted by molar-refractivity contribution is 7.18. The molecule has 5 heteroatoms. The summed E-state index contributed by atoms with van der Waals surface area (Å²) in [5.41, 5.74) is 1.27. The van der Waals surface area contributed by atoms with Gasteiger partial charge in [0.2, 0.25) is 0 Å². The Morgan fingerprint density at radius 3 is 3.05 bits per heavy atom. The van der Waals surface area contributed by atoms with Crippen molar-refractivity contribution in [2.75, 3.05) is 7.05 Å². The second-order valence-electron chi connectivity index (χ2n) is 5.49. The number of fused-ring (bicyclic) bond motifs is 3. The molecule has 2 aromatic rings. The minimum atomic E-state index is 0.0224. The molecule has 2 atom stereocenters. The lowest BCUT2D eigenvalue weighted by Gasteiger charge is -2.17. The molecule has 0 amide bonds. The smallest absolute Gasteiger partial charge is 0.259 e. The Labute approximate surface area is 116 Å². The van der Waals surface area contributed by atoms with Crippen molar-refractivity contribution >= 4 is 21.6 Å². The highest BCUT2D eigenvalue weighted by Gasteiger charge is 2.23. The van der Waals surface area contributed by atoms with Gasteiger partial charge in [0.05, 0.1) is 11.4 Å². The molecule has 2 N–H and O–H groups in total. The summed E-state index contributed by atoms with van der Waals surface area (Å²) in [4.78, 5) is 22.1. The summed E-state index contributed by atoms with van der Waals surface area (Å²) in [5.74, 6) is 1.45. The van der Waals surface area contributed by atoms with E-state index in [1.165, 1.54) is 16.9 Å². The van der Waals surface area contributed by atoms with Crippen molar-refractivity contribution < 1.29 is 0 Å². The van der Waals surface area contributed by atoms with Gasteiger partial charge in [0.25, 0.3) is 5.56 Å². The minimum absolute atomic E-state index is 0.0224. The number of aryl methyl sites for hydroxylation is 1. The molecule has 19 heavy (non-hydrogen) atoms. The number of H-pyrrole nitrogens is 1. The molecule has 0 saturated carbocycles. The SMILES string of the molecule is CN[C@@H](C)c1nc2sc3c(c2c(=O)[nH]1)CC[C@@H](C)C3. The molecule has 0 bridgehead atoms. The Bertz CT molecular complexity index is 673. The van der Waals surface area contributed by atoms with Crippen LogP contribution in [0.5, 0.6) is 0 Å². The van der Waals surface area contributed by atoms with Crippen LogP contribution in [0.15, 0.2) is 4.79 Å². The van der Waals surface area contributed by atoms with Crippen LogP contribution in [0.4, 0.5) is 0 Å². The normalized spacial score (nSPS) is 20.5. The van der Waals surface area contributed by atoms with Crippen molar-refractivity contribution in [3.8, 4) is 0 Å². The Morgan fingerprint density at radius 2 is 2.32 bits per heavy atom. The van der Waals surface area contributed by atoms with Crippen molar-refractivity contribution in [1.29, 1.82) is 0 Å². The molecule has 0 fully saturated rings. The molecule has 0 unspecified atom stereocenters. The average molecular weight is 277 g/mol. The van der Waals surface area contributed by atoms with E-state index >= 15 is 0 Å². The fourth-order valence-corrected chi connectivity index (χ4v) is 4.10. The Balaban J connectivity index is 2.19. The second-order valence-corrected chi connectivity index (χ2v) is 6.58. The third-order valence-corrected chi connectivity index (χ3v) is 5.18. The lowest BCUT2D eigenvalue weighted by molar-refractivity contribution is 0.509. The van der Waals surface area contributed by atoms with Crippen LogP contribution in [0, 0.1) is 5.92 Å². The molecule has 2 heterocycles. The number of aromatic nitrogens is 2. The maximum absolute atomic E-state index is 12.3. The number of thiophene rings is 1. The number of hydrogen-bond donors (Lipinski definition) is 2. The first-order valence-corrected chi connectivity index (χ1v) is 7.63. The topological polar surface area (TPSA) is 57.8 Å². The van der Waals surface area contributed by atoms with Crippen LogP contribution in [-0.4, -0.2) is 17.0 Å². The van der Waals surface area contributed by atoms with E-state index in [1.54, 1.807) is 11.3 Å². The second kappa shape index (κ2) is 4.72. The summed E-state index contributed by atoms with van der Waals surface area (Å²) < 4.78 is 0. The molecule has 0 aromatic carbocycles. The molecule has 1 aliphatic carbocycles. The zero-order valence-electron chi connectivity index (χ0n) is 11.5. The van der Waals surface area contributed by atoms with Crippen molar-refractivity contribution in [2.45, 2.75) is 39.2 Å². The number of rotatable bonds is 2. The van der Waals surface area contributed by atoms with E-state index in [9.17, 15) is 4.79 Å². The lowest BCUT2D eigenvalue weighted by atomic mass is 9.89. The van der Waals surface area contributed by atoms with E-state index in [4.69, 9.17) is 0 Å². The first-order chi connectivity index (χ1) is 9.10. The van der Waals surface area contributed by atoms with Crippen LogP contribution < -0.4 is 10.9 Å². The van der Waals surface area contributed by atoms with E-state index < -0.39 is 0 Å². The van der Waals surface area contributed by atoms with Gasteiger partial charge in [0.1, 0.15) is 10.7 Å². The van der Waals surface area contributed by atoms with Gasteiger partial charge < -0.3 is 10.3 Å². The van der Waals surface area contributed by atoms with Crippen LogP contribution in [0.25, 0.3) is 10.2 Å². The van der Waals surface area contributed by atoms with Gasteiger partial charge in [-0.2, -0.15) is 0 Å². The van der Waals surface area contributed by atoms with Crippen molar-refractivity contribution in [1.82, 2.24) is 15.3 Å². The van der Waals surface area contributed by atoms with Crippen molar-refractivity contribution in [2.24, 2.45) is 5.92 Å². The number of nitrogens with one attached hydrogen (secondary N) is 2. The zero-order valence-corrected chi connectivity index (χ0v) is 12.4. The molecule has 102 valence electrons. The number of hydrogen-bond acceptors (Lipinski definition) is 4. The predicted molar refractivity (Wildman–Crippen MR) is 78.9 cm³/mol. The third kappa shape index (κ3) is 2.11. The van der Waals surface area contributed by atoms with E-state index in [1.807, 2.05) is 14.0 Å². The van der Waals surface area contributed by atoms with Gasteiger partial charge in [-0.25, -0.2) is 4.98 Å². The molecule has 1 aliphatic rings. The van der Waals surface area contributed by atoms with Gasteiger partial charge in [-0.3, -0.25) is 4.79 Å². The largest absolute Gasteiger partial charge is 0.311 e. The summed E-state index contributed by atoms with van der Waals surface area (Å²) in [5, 5.41) is 3.95. The lowest BCUT2D eigenvalue weighted by Crippen LogP contribution is -2.20. The van der Waals surface area contributed by atoms with Crippen LogP contribution in [0.1, 0.15) is 42.6 Å². The minimum Gasteiger partial charge on any atom is -0.311 e. The molecule has 0 saturated heterocycles. The summed E-state index contributed by atoms with van der Waals surface area (Å²) in [6, 6.07) is 0.0650. The van der Waals surface area contributed by atoms with Crippen LogP contribution in [0.2, 0.25) is 0 Å². The van der Waals surface area contributed by atoms with E-state index in [0.29, 0.717) is 0 Å². The van der Waals surface area contributed by atoms with E-state index in [2.05, 4.69) is 22.2 Å². The van der Waals surface area contributed by atoms with Crippen LogP contribution >= 0.6 is 11.3 Å². The Morgan fingerprint density at radius 1 is 1.53 bits per heavy atom. The Kier molecular flexibility index (Phi) is 3.19. The molecule has 3 rings (SSSR count). The maximum Gasteiger partial charge on any atom is 0.259 e. The fourth-order valence-electron chi connectivity index (χ4n) is 2.71. The first kappa shape index (κ1) is 12.8. The molecular weight excluding hydrogens is 258 g/mol. The number of nitrogens with zero attached hydrogens (tertiary/aromatic N) is 1. The highest BCUT2D eigenvalue weighted by atomic mass is 32.1. The summed E-state index contributed by atoms with van der Waals surface area (Å²) >= 11 is 1.70. The van der Waals surface area contributed by atoms with Crippen molar-refractivity contribution in [3.05, 3.63) is 26.6 Å². The van der Waals surface area contributed by atoms with Crippen LogP contribution in [0.3, 0.4) is 0 Å². The monoisotopic (exact) mass is 277 g/mol. The third-order valence-electron chi connectivity index (χ3n) is 4.03. The molecule has 4 nitrogen and oxygen atoms in total. The predicted octanol–water partition coefficient (Wildman–Crippen LogP) is 2.39. The fraction of sp³-hybridized carbons (Fsp3) is 0.571. The molecular formula is C14H19N3OS. The van der Waals surface area contributed by atoms with E-state index in [0.717, 1.165) is 34.8 Å². The Hall–Kier alpha value is -1.20. The maximum atomic E-state index is 12.3. The number of aromatic amines is 1. The first-order valence-electron chi connectivity index (χ1n) is 6.82. The zero-order chi connectivity index (χ0) is 13.6. The molecule has 2 aromatic heterocycles. The van der Waals surface area contributed by atoms with Gasteiger partial charge >= 0.3 is 0 Å². The molecule has 0 aliphatic heterocycles. The molecule has 0 spiro atoms. The standard InChI is InChI=1S/C14H19N3OS/c1-7-4-5-9-10(6-7)19-14-11(9)13(18)16-12(17-14)8(2)15-3/h7-8,15H,4-6H2,1-3H3,(H,16,17,18)/t7-,8+/m1/s1. The van der Waals surface area contributed by atoms with Gasteiger partial charge in [-0.05, 0) is 44.7 Å².